The molecule has 2 aliphatic rings. The van der Waals surface area contributed by atoms with Gasteiger partial charge in [-0.3, -0.25) is 0 Å². The predicted octanol–water partition coefficient (Wildman–Crippen LogP) is 0.673. The van der Waals surface area contributed by atoms with E-state index in [2.05, 4.69) is 0 Å². The van der Waals surface area contributed by atoms with Gasteiger partial charge in [0.1, 0.15) is 0 Å². The van der Waals surface area contributed by atoms with Crippen LogP contribution in [0.25, 0.3) is 0 Å². The molecule has 0 aromatic heterocycles. The maximum absolute atomic E-state index is 5.79. The SMILES string of the molecule is NCCC1COC2(CCC2)CO1. The molecule has 1 spiro atoms. The molecule has 1 heterocycles. The van der Waals surface area contributed by atoms with Crippen molar-refractivity contribution in [3.8, 4) is 0 Å². The number of nitrogens with two attached hydrogens (primary N) is 1. The van der Waals surface area contributed by atoms with E-state index >= 15 is 0 Å². The van der Waals surface area contributed by atoms with Crippen LogP contribution < -0.4 is 5.73 Å². The van der Waals surface area contributed by atoms with Crippen molar-refractivity contribution in [1.82, 2.24) is 0 Å². The highest BCUT2D eigenvalue weighted by Gasteiger charge is 2.42. The fourth-order valence-corrected chi connectivity index (χ4v) is 1.84. The van der Waals surface area contributed by atoms with Gasteiger partial charge in [0.15, 0.2) is 0 Å². The molecule has 0 aromatic carbocycles. The van der Waals surface area contributed by atoms with E-state index in [1.165, 1.54) is 19.3 Å². The Bertz CT molecular complexity index is 147. The van der Waals surface area contributed by atoms with Crippen LogP contribution in [-0.2, 0) is 9.47 Å². The van der Waals surface area contributed by atoms with Crippen molar-refractivity contribution in [2.75, 3.05) is 19.8 Å². The van der Waals surface area contributed by atoms with Crippen molar-refractivity contribution in [1.29, 1.82) is 0 Å². The normalized spacial score (nSPS) is 33.2. The molecule has 1 saturated carbocycles. The van der Waals surface area contributed by atoms with Crippen molar-refractivity contribution in [2.24, 2.45) is 5.73 Å². The monoisotopic (exact) mass is 171 g/mol. The third kappa shape index (κ3) is 1.49. The summed E-state index contributed by atoms with van der Waals surface area (Å²) in [5, 5.41) is 0. The molecule has 2 N–H and O–H groups in total. The minimum Gasteiger partial charge on any atom is -0.373 e. The molecule has 12 heavy (non-hydrogen) atoms. The van der Waals surface area contributed by atoms with Crippen LogP contribution in [0.1, 0.15) is 25.7 Å². The van der Waals surface area contributed by atoms with E-state index in [1.807, 2.05) is 0 Å². The number of ether oxygens (including phenoxy) is 2. The van der Waals surface area contributed by atoms with Gasteiger partial charge in [0.2, 0.25) is 0 Å². The summed E-state index contributed by atoms with van der Waals surface area (Å²) in [7, 11) is 0. The Hall–Kier alpha value is -0.120. The molecule has 1 atom stereocenters. The first-order valence-corrected chi connectivity index (χ1v) is 4.80. The summed E-state index contributed by atoms with van der Waals surface area (Å²) >= 11 is 0. The van der Waals surface area contributed by atoms with Crippen LogP contribution in [0, 0.1) is 0 Å². The Balaban J connectivity index is 1.77. The van der Waals surface area contributed by atoms with Gasteiger partial charge in [-0.05, 0) is 32.2 Å². The predicted molar refractivity (Wildman–Crippen MR) is 45.9 cm³/mol. The van der Waals surface area contributed by atoms with E-state index in [1.54, 1.807) is 0 Å². The lowest BCUT2D eigenvalue weighted by atomic mass is 9.80. The molecule has 1 saturated heterocycles. The fraction of sp³-hybridized carbons (Fsp3) is 1.00. The minimum absolute atomic E-state index is 0.116. The topological polar surface area (TPSA) is 44.5 Å². The van der Waals surface area contributed by atoms with Gasteiger partial charge in [-0.1, -0.05) is 0 Å². The zero-order chi connectivity index (χ0) is 8.44. The Morgan fingerprint density at radius 1 is 1.42 bits per heavy atom. The van der Waals surface area contributed by atoms with Crippen LogP contribution in [0.2, 0.25) is 0 Å². The van der Waals surface area contributed by atoms with Crippen molar-refractivity contribution >= 4 is 0 Å². The maximum atomic E-state index is 5.79. The Morgan fingerprint density at radius 2 is 2.25 bits per heavy atom. The summed E-state index contributed by atoms with van der Waals surface area (Å²) < 4.78 is 11.5. The summed E-state index contributed by atoms with van der Waals surface area (Å²) in [4.78, 5) is 0. The molecule has 0 bridgehead atoms. The second-order valence-electron chi connectivity index (χ2n) is 3.86. The molecule has 2 rings (SSSR count). The van der Waals surface area contributed by atoms with Crippen molar-refractivity contribution in [2.45, 2.75) is 37.4 Å². The summed E-state index contributed by atoms with van der Waals surface area (Å²) in [6.07, 6.45) is 4.84. The largest absolute Gasteiger partial charge is 0.373 e. The van der Waals surface area contributed by atoms with Gasteiger partial charge in [-0.25, -0.2) is 0 Å². The average Bonchev–Trinajstić information content (AvgIpc) is 2.04. The van der Waals surface area contributed by atoms with Crippen molar-refractivity contribution in [3.05, 3.63) is 0 Å². The molecular weight excluding hydrogens is 154 g/mol. The summed E-state index contributed by atoms with van der Waals surface area (Å²) in [5.41, 5.74) is 5.55. The minimum atomic E-state index is 0.116. The molecule has 2 fully saturated rings. The van der Waals surface area contributed by atoms with E-state index in [9.17, 15) is 0 Å². The second-order valence-corrected chi connectivity index (χ2v) is 3.86. The highest BCUT2D eigenvalue weighted by molar-refractivity contribution is 4.92. The van der Waals surface area contributed by atoms with E-state index < -0.39 is 0 Å². The van der Waals surface area contributed by atoms with Gasteiger partial charge in [-0.2, -0.15) is 0 Å². The standard InChI is InChI=1S/C9H17NO2/c10-5-2-8-6-12-9(7-11-8)3-1-4-9/h8H,1-7,10H2. The third-order valence-corrected chi connectivity index (χ3v) is 2.91. The third-order valence-electron chi connectivity index (χ3n) is 2.91. The molecule has 3 nitrogen and oxygen atoms in total. The first-order chi connectivity index (χ1) is 5.85. The lowest BCUT2D eigenvalue weighted by molar-refractivity contribution is -0.220. The highest BCUT2D eigenvalue weighted by Crippen LogP contribution is 2.38. The van der Waals surface area contributed by atoms with E-state index in [-0.39, 0.29) is 11.7 Å². The molecule has 0 amide bonds. The van der Waals surface area contributed by atoms with Crippen LogP contribution >= 0.6 is 0 Å². The summed E-state index contributed by atoms with van der Waals surface area (Å²) in [6.45, 7) is 2.23. The lowest BCUT2D eigenvalue weighted by Crippen LogP contribution is -2.51. The lowest BCUT2D eigenvalue weighted by Gasteiger charge is -2.46. The van der Waals surface area contributed by atoms with Crippen LogP contribution in [0.5, 0.6) is 0 Å². The van der Waals surface area contributed by atoms with Gasteiger partial charge >= 0.3 is 0 Å². The number of hydrogen-bond donors (Lipinski definition) is 1. The summed E-state index contributed by atoms with van der Waals surface area (Å²) in [6, 6.07) is 0. The van der Waals surface area contributed by atoms with Gasteiger partial charge in [-0.15, -0.1) is 0 Å². The van der Waals surface area contributed by atoms with E-state index in [4.69, 9.17) is 15.2 Å². The van der Waals surface area contributed by atoms with E-state index in [0.717, 1.165) is 19.6 Å². The van der Waals surface area contributed by atoms with Crippen LogP contribution in [-0.4, -0.2) is 31.5 Å². The molecule has 0 radical (unpaired) electrons. The van der Waals surface area contributed by atoms with Gasteiger partial charge in [0, 0.05) is 0 Å². The van der Waals surface area contributed by atoms with Crippen LogP contribution in [0.15, 0.2) is 0 Å². The molecular formula is C9H17NO2. The molecule has 3 heteroatoms. The summed E-state index contributed by atoms with van der Waals surface area (Å²) in [5.74, 6) is 0. The highest BCUT2D eigenvalue weighted by atomic mass is 16.6. The van der Waals surface area contributed by atoms with Gasteiger partial charge in [0.05, 0.1) is 24.9 Å². The molecule has 1 aliphatic carbocycles. The first kappa shape index (κ1) is 8.48. The van der Waals surface area contributed by atoms with Gasteiger partial charge in [0.25, 0.3) is 0 Å². The molecule has 70 valence electrons. The van der Waals surface area contributed by atoms with E-state index in [0.29, 0.717) is 6.54 Å². The van der Waals surface area contributed by atoms with Crippen LogP contribution in [0.3, 0.4) is 0 Å². The molecule has 0 aromatic rings. The fourth-order valence-electron chi connectivity index (χ4n) is 1.84. The second kappa shape index (κ2) is 3.32. The number of hydrogen-bond acceptors (Lipinski definition) is 3. The first-order valence-electron chi connectivity index (χ1n) is 4.80. The van der Waals surface area contributed by atoms with Crippen molar-refractivity contribution < 1.29 is 9.47 Å². The quantitative estimate of drug-likeness (QED) is 0.664. The number of rotatable bonds is 2. The molecule has 1 unspecified atom stereocenters. The molecule has 1 aliphatic heterocycles. The average molecular weight is 171 g/mol. The zero-order valence-corrected chi connectivity index (χ0v) is 7.42. The van der Waals surface area contributed by atoms with Gasteiger partial charge < -0.3 is 15.2 Å². The smallest absolute Gasteiger partial charge is 0.0916 e. The van der Waals surface area contributed by atoms with Crippen LogP contribution in [0.4, 0.5) is 0 Å². The Kier molecular flexibility index (Phi) is 2.35. The maximum Gasteiger partial charge on any atom is 0.0916 e. The van der Waals surface area contributed by atoms with Crippen molar-refractivity contribution in [3.63, 3.8) is 0 Å². The zero-order valence-electron chi connectivity index (χ0n) is 7.42. The Morgan fingerprint density at radius 3 is 2.67 bits per heavy atom. The Labute approximate surface area is 73.2 Å².